The van der Waals surface area contributed by atoms with Crippen LogP contribution in [0.2, 0.25) is 0 Å². The van der Waals surface area contributed by atoms with Crippen molar-refractivity contribution >= 4 is 0 Å². The third kappa shape index (κ3) is 6.35. The first-order valence-electron chi connectivity index (χ1n) is 10.2. The molecular weight excluding hydrogens is 368 g/mol. The predicted octanol–water partition coefficient (Wildman–Crippen LogP) is 3.05. The number of ether oxygens (including phenoxy) is 4. The van der Waals surface area contributed by atoms with E-state index in [4.69, 9.17) is 24.7 Å². The molecule has 0 saturated carbocycles. The van der Waals surface area contributed by atoms with Crippen molar-refractivity contribution in [2.45, 2.75) is 18.9 Å². The molecule has 1 heterocycles. The van der Waals surface area contributed by atoms with Gasteiger partial charge in [-0.2, -0.15) is 0 Å². The van der Waals surface area contributed by atoms with Crippen molar-refractivity contribution < 1.29 is 18.9 Å². The summed E-state index contributed by atoms with van der Waals surface area (Å²) in [7, 11) is 3.29. The van der Waals surface area contributed by atoms with Crippen LogP contribution in [0.5, 0.6) is 17.2 Å². The molecule has 6 nitrogen and oxygen atoms in total. The Morgan fingerprint density at radius 1 is 1.03 bits per heavy atom. The molecule has 158 valence electrons. The van der Waals surface area contributed by atoms with E-state index in [1.807, 2.05) is 24.3 Å². The van der Waals surface area contributed by atoms with Gasteiger partial charge in [-0.1, -0.05) is 18.2 Å². The number of nitrogens with two attached hydrogens (primary N) is 1. The van der Waals surface area contributed by atoms with Gasteiger partial charge >= 0.3 is 0 Å². The van der Waals surface area contributed by atoms with Crippen LogP contribution in [0.3, 0.4) is 0 Å². The van der Waals surface area contributed by atoms with Crippen molar-refractivity contribution in [2.75, 3.05) is 53.7 Å². The van der Waals surface area contributed by atoms with E-state index in [1.54, 1.807) is 14.2 Å². The molecule has 1 aliphatic heterocycles. The van der Waals surface area contributed by atoms with Crippen LogP contribution in [0.15, 0.2) is 42.5 Å². The molecule has 0 unspecified atom stereocenters. The van der Waals surface area contributed by atoms with Crippen LogP contribution in [-0.2, 0) is 11.2 Å². The van der Waals surface area contributed by atoms with Crippen LogP contribution < -0.4 is 19.9 Å². The van der Waals surface area contributed by atoms with Gasteiger partial charge in [-0.15, -0.1) is 0 Å². The normalized spacial score (nSPS) is 15.7. The molecule has 0 radical (unpaired) electrons. The van der Waals surface area contributed by atoms with Crippen LogP contribution in [0.25, 0.3) is 0 Å². The van der Waals surface area contributed by atoms with Gasteiger partial charge in [0.1, 0.15) is 12.4 Å². The summed E-state index contributed by atoms with van der Waals surface area (Å²) in [6.07, 6.45) is 1.70. The minimum atomic E-state index is -0.0501. The van der Waals surface area contributed by atoms with E-state index in [0.29, 0.717) is 6.61 Å². The van der Waals surface area contributed by atoms with Crippen molar-refractivity contribution in [3.8, 4) is 17.2 Å². The minimum Gasteiger partial charge on any atom is -0.493 e. The molecule has 3 rings (SSSR count). The van der Waals surface area contributed by atoms with E-state index in [9.17, 15) is 0 Å². The molecule has 29 heavy (non-hydrogen) atoms. The minimum absolute atomic E-state index is 0.0501. The third-order valence-electron chi connectivity index (χ3n) is 5.26. The van der Waals surface area contributed by atoms with Gasteiger partial charge in [0.2, 0.25) is 0 Å². The standard InChI is InChI=1S/C23H32N2O4/c1-26-22-9-7-18(16-23(22)27-2)6-8-21(24)19-4-3-5-20(17-19)29-15-12-25-10-13-28-14-11-25/h3-5,7,9,16-17,21H,6,8,10-15,24H2,1-2H3/t21-/m1/s1. The maximum atomic E-state index is 6.45. The Labute approximate surface area is 173 Å². The van der Waals surface area contributed by atoms with Crippen LogP contribution >= 0.6 is 0 Å². The summed E-state index contributed by atoms with van der Waals surface area (Å²) in [5.74, 6) is 2.36. The molecule has 1 atom stereocenters. The Morgan fingerprint density at radius 2 is 1.83 bits per heavy atom. The number of aryl methyl sites for hydroxylation is 1. The highest BCUT2D eigenvalue weighted by atomic mass is 16.5. The van der Waals surface area contributed by atoms with E-state index in [-0.39, 0.29) is 6.04 Å². The van der Waals surface area contributed by atoms with E-state index in [0.717, 1.165) is 68.5 Å². The molecule has 6 heteroatoms. The Kier molecular flexibility index (Phi) is 8.16. The van der Waals surface area contributed by atoms with Gasteiger partial charge in [0, 0.05) is 25.7 Å². The lowest BCUT2D eigenvalue weighted by Gasteiger charge is -2.26. The Bertz CT molecular complexity index is 762. The van der Waals surface area contributed by atoms with E-state index < -0.39 is 0 Å². The number of methoxy groups -OCH3 is 2. The summed E-state index contributed by atoms with van der Waals surface area (Å²) in [6, 6.07) is 14.1. The third-order valence-corrected chi connectivity index (χ3v) is 5.26. The zero-order chi connectivity index (χ0) is 20.5. The topological polar surface area (TPSA) is 66.2 Å². The number of morpholine rings is 1. The fourth-order valence-electron chi connectivity index (χ4n) is 3.48. The molecule has 1 fully saturated rings. The molecule has 1 saturated heterocycles. The SMILES string of the molecule is COc1ccc(CC[C@@H](N)c2cccc(OCCN3CCOCC3)c2)cc1OC. The lowest BCUT2D eigenvalue weighted by atomic mass is 9.99. The lowest BCUT2D eigenvalue weighted by Crippen LogP contribution is -2.38. The fraction of sp³-hybridized carbons (Fsp3) is 0.478. The van der Waals surface area contributed by atoms with Gasteiger partial charge in [0.25, 0.3) is 0 Å². The average Bonchev–Trinajstić information content (AvgIpc) is 2.78. The van der Waals surface area contributed by atoms with Gasteiger partial charge in [-0.3, -0.25) is 4.90 Å². The van der Waals surface area contributed by atoms with Crippen molar-refractivity contribution in [1.29, 1.82) is 0 Å². The zero-order valence-electron chi connectivity index (χ0n) is 17.4. The summed E-state index contributed by atoms with van der Waals surface area (Å²) in [4.78, 5) is 2.36. The summed E-state index contributed by atoms with van der Waals surface area (Å²) >= 11 is 0. The molecule has 0 aliphatic carbocycles. The Hall–Kier alpha value is -2.28. The predicted molar refractivity (Wildman–Crippen MR) is 114 cm³/mol. The molecule has 0 aromatic heterocycles. The highest BCUT2D eigenvalue weighted by molar-refractivity contribution is 5.43. The smallest absolute Gasteiger partial charge is 0.160 e. The average molecular weight is 401 g/mol. The Balaban J connectivity index is 1.50. The van der Waals surface area contributed by atoms with Crippen LogP contribution in [0, 0.1) is 0 Å². The molecule has 1 aliphatic rings. The van der Waals surface area contributed by atoms with Crippen molar-refractivity contribution in [2.24, 2.45) is 5.73 Å². The van der Waals surface area contributed by atoms with Gasteiger partial charge in [-0.25, -0.2) is 0 Å². The largest absolute Gasteiger partial charge is 0.493 e. The molecule has 0 bridgehead atoms. The second kappa shape index (κ2) is 11.0. The van der Waals surface area contributed by atoms with Gasteiger partial charge in [-0.05, 0) is 48.2 Å². The summed E-state index contributed by atoms with van der Waals surface area (Å²) < 4.78 is 22.0. The summed E-state index contributed by atoms with van der Waals surface area (Å²) in [6.45, 7) is 5.16. The van der Waals surface area contributed by atoms with E-state index in [2.05, 4.69) is 23.1 Å². The number of rotatable bonds is 10. The van der Waals surface area contributed by atoms with Crippen molar-refractivity contribution in [3.63, 3.8) is 0 Å². The van der Waals surface area contributed by atoms with Gasteiger partial charge < -0.3 is 24.7 Å². The highest BCUT2D eigenvalue weighted by Gasteiger charge is 2.12. The molecule has 2 aromatic carbocycles. The first-order chi connectivity index (χ1) is 14.2. The maximum Gasteiger partial charge on any atom is 0.160 e. The molecular formula is C23H32N2O4. The molecule has 2 N–H and O–H groups in total. The first kappa shape index (κ1) is 21.4. The second-order valence-electron chi connectivity index (χ2n) is 7.21. The monoisotopic (exact) mass is 400 g/mol. The Morgan fingerprint density at radius 3 is 2.59 bits per heavy atom. The van der Waals surface area contributed by atoms with Crippen molar-refractivity contribution in [3.05, 3.63) is 53.6 Å². The quantitative estimate of drug-likeness (QED) is 0.661. The number of hydrogen-bond acceptors (Lipinski definition) is 6. The van der Waals surface area contributed by atoms with Crippen LogP contribution in [-0.4, -0.2) is 58.6 Å². The van der Waals surface area contributed by atoms with Gasteiger partial charge in [0.05, 0.1) is 27.4 Å². The molecule has 0 spiro atoms. The van der Waals surface area contributed by atoms with Gasteiger partial charge in [0.15, 0.2) is 11.5 Å². The fourth-order valence-corrected chi connectivity index (χ4v) is 3.48. The molecule has 0 amide bonds. The number of nitrogens with zero attached hydrogens (tertiary/aromatic N) is 1. The van der Waals surface area contributed by atoms with Crippen LogP contribution in [0.1, 0.15) is 23.6 Å². The van der Waals surface area contributed by atoms with E-state index in [1.165, 1.54) is 5.56 Å². The first-order valence-corrected chi connectivity index (χ1v) is 10.2. The number of benzene rings is 2. The number of hydrogen-bond donors (Lipinski definition) is 1. The summed E-state index contributed by atoms with van der Waals surface area (Å²) in [5.41, 5.74) is 8.72. The highest BCUT2D eigenvalue weighted by Crippen LogP contribution is 2.29. The van der Waals surface area contributed by atoms with E-state index >= 15 is 0 Å². The van der Waals surface area contributed by atoms with Crippen LogP contribution in [0.4, 0.5) is 0 Å². The zero-order valence-corrected chi connectivity index (χ0v) is 17.4. The summed E-state index contributed by atoms with van der Waals surface area (Å²) in [5, 5.41) is 0. The maximum absolute atomic E-state index is 6.45. The molecule has 2 aromatic rings. The second-order valence-corrected chi connectivity index (χ2v) is 7.21. The lowest BCUT2D eigenvalue weighted by molar-refractivity contribution is 0.0322. The van der Waals surface area contributed by atoms with Crippen molar-refractivity contribution in [1.82, 2.24) is 4.90 Å².